The predicted molar refractivity (Wildman–Crippen MR) is 105 cm³/mol. The van der Waals surface area contributed by atoms with Gasteiger partial charge < -0.3 is 10.1 Å². The first-order valence-corrected chi connectivity index (χ1v) is 11.2. The summed E-state index contributed by atoms with van der Waals surface area (Å²) in [5.41, 5.74) is 5.85. The number of rotatable bonds is 2. The fourth-order valence-electron chi connectivity index (χ4n) is 4.58. The lowest BCUT2D eigenvalue weighted by Crippen LogP contribution is -2.19. The Morgan fingerprint density at radius 3 is 3.11 bits per heavy atom. The standard InChI is InChI=1S/C19H23N5O3S/c1-11-5-6-14-15(11)9-12-3-2-4-13(12)17(14)22-19(25)23-28(20,26)16-10-21-24-7-8-27-18(16)24/h9-11H,2-8H2,1H3,(H3,20,22,23,25,26). The molecule has 2 amide bonds. The average Bonchev–Trinajstić information content (AvgIpc) is 3.38. The van der Waals surface area contributed by atoms with Gasteiger partial charge in [-0.3, -0.25) is 0 Å². The van der Waals surface area contributed by atoms with E-state index in [1.54, 1.807) is 4.68 Å². The lowest BCUT2D eigenvalue weighted by molar-refractivity contribution is 0.260. The average molecular weight is 401 g/mol. The molecule has 2 aromatic rings. The molecular formula is C19H23N5O3S. The van der Waals surface area contributed by atoms with Gasteiger partial charge in [-0.1, -0.05) is 13.0 Å². The summed E-state index contributed by atoms with van der Waals surface area (Å²) < 4.78 is 23.8. The number of carbonyl (C=O) groups excluding carboxylic acids is 1. The van der Waals surface area contributed by atoms with Crippen LogP contribution in [0.1, 0.15) is 47.9 Å². The number of nitrogens with one attached hydrogen (secondary N) is 1. The molecule has 0 radical (unpaired) electrons. The van der Waals surface area contributed by atoms with Crippen molar-refractivity contribution in [2.45, 2.75) is 56.4 Å². The molecule has 2 unspecified atom stereocenters. The molecule has 28 heavy (non-hydrogen) atoms. The predicted octanol–water partition coefficient (Wildman–Crippen LogP) is 2.75. The number of benzene rings is 1. The second-order valence-corrected chi connectivity index (χ2v) is 9.49. The fourth-order valence-corrected chi connectivity index (χ4v) is 5.59. The van der Waals surface area contributed by atoms with Gasteiger partial charge in [-0.25, -0.2) is 18.8 Å². The van der Waals surface area contributed by atoms with E-state index in [4.69, 9.17) is 9.88 Å². The zero-order valence-corrected chi connectivity index (χ0v) is 16.6. The molecule has 2 atom stereocenters. The Hall–Kier alpha value is -2.39. The second kappa shape index (κ2) is 6.31. The van der Waals surface area contributed by atoms with Gasteiger partial charge in [0.25, 0.3) is 0 Å². The van der Waals surface area contributed by atoms with Crippen LogP contribution in [-0.4, -0.2) is 26.6 Å². The molecule has 0 saturated heterocycles. The van der Waals surface area contributed by atoms with Crippen molar-refractivity contribution in [2.75, 3.05) is 11.9 Å². The highest BCUT2D eigenvalue weighted by atomic mass is 32.2. The molecule has 5 rings (SSSR count). The number of nitrogens with zero attached hydrogens (tertiary/aromatic N) is 3. The van der Waals surface area contributed by atoms with Crippen molar-refractivity contribution >= 4 is 21.6 Å². The number of nitrogens with two attached hydrogens (primary N) is 1. The minimum absolute atomic E-state index is 0.164. The maximum absolute atomic E-state index is 12.9. The summed E-state index contributed by atoms with van der Waals surface area (Å²) >= 11 is 0. The van der Waals surface area contributed by atoms with Crippen molar-refractivity contribution in [3.8, 4) is 5.88 Å². The maximum Gasteiger partial charge on any atom is 0.354 e. The highest BCUT2D eigenvalue weighted by molar-refractivity contribution is 7.91. The Morgan fingerprint density at radius 1 is 1.39 bits per heavy atom. The van der Waals surface area contributed by atoms with E-state index in [-0.39, 0.29) is 4.90 Å². The molecular weight excluding hydrogens is 378 g/mol. The van der Waals surface area contributed by atoms with Gasteiger partial charge in [0.05, 0.1) is 12.7 Å². The van der Waals surface area contributed by atoms with Gasteiger partial charge in [0.15, 0.2) is 9.92 Å². The van der Waals surface area contributed by atoms with Crippen molar-refractivity contribution in [1.29, 1.82) is 0 Å². The summed E-state index contributed by atoms with van der Waals surface area (Å²) in [5, 5.41) is 12.9. The number of aryl methyl sites for hydroxylation is 1. The molecule has 3 N–H and O–H groups in total. The van der Waals surface area contributed by atoms with Crippen molar-refractivity contribution in [1.82, 2.24) is 9.78 Å². The van der Waals surface area contributed by atoms with E-state index >= 15 is 0 Å². The topological polar surface area (TPSA) is 112 Å². The number of ether oxygens (including phenoxy) is 1. The molecule has 1 aromatic heterocycles. The van der Waals surface area contributed by atoms with Crippen LogP contribution in [0.25, 0.3) is 0 Å². The molecule has 0 spiro atoms. The first-order chi connectivity index (χ1) is 13.4. The minimum Gasteiger partial charge on any atom is -0.475 e. The van der Waals surface area contributed by atoms with Crippen molar-refractivity contribution in [3.63, 3.8) is 0 Å². The number of amides is 2. The molecule has 1 aromatic carbocycles. The van der Waals surface area contributed by atoms with Gasteiger partial charge >= 0.3 is 6.03 Å². The molecule has 2 heterocycles. The number of hydrogen-bond donors (Lipinski definition) is 2. The van der Waals surface area contributed by atoms with Crippen molar-refractivity contribution < 1.29 is 13.7 Å². The van der Waals surface area contributed by atoms with Gasteiger partial charge in [0.1, 0.15) is 11.5 Å². The van der Waals surface area contributed by atoms with Gasteiger partial charge in [-0.05, 0) is 60.3 Å². The van der Waals surface area contributed by atoms with E-state index in [2.05, 4.69) is 27.8 Å². The van der Waals surface area contributed by atoms with E-state index in [0.29, 0.717) is 24.9 Å². The number of fused-ring (bicyclic) bond motifs is 3. The van der Waals surface area contributed by atoms with E-state index in [1.165, 1.54) is 28.5 Å². The number of urea groups is 1. The second-order valence-electron chi connectivity index (χ2n) is 7.73. The van der Waals surface area contributed by atoms with E-state index in [0.717, 1.165) is 37.8 Å². The summed E-state index contributed by atoms with van der Waals surface area (Å²) in [6, 6.07) is 1.62. The van der Waals surface area contributed by atoms with Gasteiger partial charge in [0.2, 0.25) is 5.88 Å². The lowest BCUT2D eigenvalue weighted by atomic mass is 9.96. The molecule has 3 aliphatic rings. The zero-order valence-electron chi connectivity index (χ0n) is 15.7. The summed E-state index contributed by atoms with van der Waals surface area (Å²) in [7, 11) is -3.45. The molecule has 9 heteroatoms. The Balaban J connectivity index is 1.51. The van der Waals surface area contributed by atoms with E-state index in [1.807, 2.05) is 0 Å². The van der Waals surface area contributed by atoms with E-state index < -0.39 is 15.9 Å². The molecule has 2 aliphatic carbocycles. The zero-order chi connectivity index (χ0) is 19.5. The normalized spacial score (nSPS) is 21.4. The smallest absolute Gasteiger partial charge is 0.354 e. The number of hydrogen-bond acceptors (Lipinski definition) is 4. The lowest BCUT2D eigenvalue weighted by Gasteiger charge is -2.16. The van der Waals surface area contributed by atoms with Crippen LogP contribution in [0, 0.1) is 0 Å². The van der Waals surface area contributed by atoms with Crippen LogP contribution in [0.2, 0.25) is 0 Å². The molecule has 0 fully saturated rings. The van der Waals surface area contributed by atoms with Gasteiger partial charge in [-0.15, -0.1) is 4.36 Å². The van der Waals surface area contributed by atoms with Crippen LogP contribution in [0.3, 0.4) is 0 Å². The first kappa shape index (κ1) is 17.7. The monoisotopic (exact) mass is 401 g/mol. The summed E-state index contributed by atoms with van der Waals surface area (Å²) in [6.45, 7) is 3.23. The third-order valence-electron chi connectivity index (χ3n) is 5.97. The van der Waals surface area contributed by atoms with Crippen LogP contribution in [0.5, 0.6) is 5.88 Å². The Kier molecular flexibility index (Phi) is 3.99. The van der Waals surface area contributed by atoms with Crippen LogP contribution in [-0.2, 0) is 35.7 Å². The van der Waals surface area contributed by atoms with Crippen LogP contribution < -0.4 is 15.2 Å². The molecule has 148 valence electrons. The maximum atomic E-state index is 12.9. The molecule has 8 nitrogen and oxygen atoms in total. The quantitative estimate of drug-likeness (QED) is 0.806. The molecule has 0 bridgehead atoms. The highest BCUT2D eigenvalue weighted by Gasteiger charge is 2.29. The number of aromatic nitrogens is 2. The summed E-state index contributed by atoms with van der Waals surface area (Å²) in [6.07, 6.45) is 6.43. The molecule has 1 aliphatic heterocycles. The number of anilines is 1. The van der Waals surface area contributed by atoms with Gasteiger partial charge in [0, 0.05) is 5.69 Å². The van der Waals surface area contributed by atoms with Crippen molar-refractivity contribution in [2.24, 2.45) is 9.50 Å². The summed E-state index contributed by atoms with van der Waals surface area (Å²) in [4.78, 5) is 12.9. The first-order valence-electron chi connectivity index (χ1n) is 9.66. The van der Waals surface area contributed by atoms with E-state index in [9.17, 15) is 9.00 Å². The SMILES string of the molecule is CC1CCc2c1cc1c(c2NC(=O)N=S(N)(=O)c2cnn3c2OCC3)CCC1. The highest BCUT2D eigenvalue weighted by Crippen LogP contribution is 2.43. The van der Waals surface area contributed by atoms with Crippen molar-refractivity contribution in [3.05, 3.63) is 34.5 Å². The Morgan fingerprint density at radius 2 is 2.25 bits per heavy atom. The number of carbonyl (C=O) groups is 1. The van der Waals surface area contributed by atoms with Crippen LogP contribution >= 0.6 is 0 Å². The Bertz CT molecular complexity index is 1110. The third kappa shape index (κ3) is 2.72. The van der Waals surface area contributed by atoms with Crippen LogP contribution in [0.4, 0.5) is 10.5 Å². The minimum atomic E-state index is -3.45. The summed E-state index contributed by atoms with van der Waals surface area (Å²) in [5.74, 6) is 0.818. The fraction of sp³-hybridized carbons (Fsp3) is 0.474. The third-order valence-corrected chi connectivity index (χ3v) is 7.31. The Labute approximate surface area is 163 Å². The van der Waals surface area contributed by atoms with Crippen LogP contribution in [0.15, 0.2) is 21.5 Å². The largest absolute Gasteiger partial charge is 0.475 e. The van der Waals surface area contributed by atoms with Gasteiger partial charge in [-0.2, -0.15) is 5.10 Å². The molecule has 0 saturated carbocycles.